The first kappa shape index (κ1) is 21.1. The molecule has 0 unspecified atom stereocenters. The van der Waals surface area contributed by atoms with E-state index >= 15 is 0 Å². The summed E-state index contributed by atoms with van der Waals surface area (Å²) >= 11 is 1.99. The van der Waals surface area contributed by atoms with Crippen LogP contribution < -0.4 is 5.32 Å². The minimum absolute atomic E-state index is 0.0450. The Bertz CT molecular complexity index is 774. The quantitative estimate of drug-likeness (QED) is 0.612. The van der Waals surface area contributed by atoms with E-state index in [4.69, 9.17) is 0 Å². The molecule has 9 heteroatoms. The smallest absolute Gasteiger partial charge is 0.252 e. The van der Waals surface area contributed by atoms with Crippen LogP contribution in [0.3, 0.4) is 0 Å². The molecule has 1 aliphatic rings. The van der Waals surface area contributed by atoms with Gasteiger partial charge in [0.15, 0.2) is 0 Å². The molecule has 1 aromatic carbocycles. The van der Waals surface area contributed by atoms with Gasteiger partial charge in [-0.3, -0.25) is 9.59 Å². The van der Waals surface area contributed by atoms with Crippen LogP contribution in [0.15, 0.2) is 23.1 Å². The number of halogens is 1. The zero-order valence-corrected chi connectivity index (χ0v) is 18.0. The Morgan fingerprint density at radius 1 is 1.19 bits per heavy atom. The number of rotatable bonds is 6. The van der Waals surface area contributed by atoms with Gasteiger partial charge in [-0.2, -0.15) is 0 Å². The molecule has 1 saturated heterocycles. The Balaban J connectivity index is 1.99. The van der Waals surface area contributed by atoms with Crippen LogP contribution in [-0.2, 0) is 14.8 Å². The summed E-state index contributed by atoms with van der Waals surface area (Å²) in [7, 11) is -0.722. The molecule has 1 heterocycles. The Kier molecular flexibility index (Phi) is 7.42. The molecular formula is C17H24IN3O4S. The molecule has 0 saturated carbocycles. The van der Waals surface area contributed by atoms with Crippen LogP contribution in [0, 0.1) is 3.57 Å². The lowest BCUT2D eigenvalue weighted by atomic mass is 10.1. The lowest BCUT2D eigenvalue weighted by Crippen LogP contribution is -2.37. The minimum atomic E-state index is -3.61. The van der Waals surface area contributed by atoms with E-state index in [0.717, 1.165) is 36.7 Å². The fourth-order valence-corrected chi connectivity index (χ4v) is 4.24. The molecule has 2 amide bonds. The van der Waals surface area contributed by atoms with Crippen LogP contribution in [0.25, 0.3) is 0 Å². The summed E-state index contributed by atoms with van der Waals surface area (Å²) in [6.07, 6.45) is 3.47. The number of likely N-dealkylation sites (tertiary alicyclic amines) is 1. The number of nitrogens with zero attached hydrogens (tertiary/aromatic N) is 2. The molecule has 2 rings (SSSR count). The topological polar surface area (TPSA) is 86.8 Å². The Hall–Kier alpha value is -1.20. The van der Waals surface area contributed by atoms with Gasteiger partial charge in [0.2, 0.25) is 15.9 Å². The zero-order chi connectivity index (χ0) is 19.3. The van der Waals surface area contributed by atoms with Gasteiger partial charge in [-0.15, -0.1) is 0 Å². The number of hydrogen-bond donors (Lipinski definition) is 1. The predicted octanol–water partition coefficient (Wildman–Crippen LogP) is 1.67. The first-order chi connectivity index (χ1) is 12.2. The standard InChI is InChI=1S/C17H24IN3O4S/c1-20(2)26(24,25)13-6-7-15(18)14(12-13)17(23)19-9-8-16(22)21-10-4-3-5-11-21/h6-7,12H,3-5,8-11H2,1-2H3,(H,19,23). The predicted molar refractivity (Wildman–Crippen MR) is 107 cm³/mol. The van der Waals surface area contributed by atoms with Crippen molar-refractivity contribution >= 4 is 44.4 Å². The largest absolute Gasteiger partial charge is 0.351 e. The molecule has 0 spiro atoms. The summed E-state index contributed by atoms with van der Waals surface area (Å²) in [6.45, 7) is 1.80. The van der Waals surface area contributed by atoms with Crippen molar-refractivity contribution in [3.05, 3.63) is 27.3 Å². The molecule has 7 nitrogen and oxygen atoms in total. The van der Waals surface area contributed by atoms with Gasteiger partial charge in [0.05, 0.1) is 10.5 Å². The first-order valence-electron chi connectivity index (χ1n) is 8.51. The van der Waals surface area contributed by atoms with Crippen molar-refractivity contribution in [2.24, 2.45) is 0 Å². The van der Waals surface area contributed by atoms with Crippen molar-refractivity contribution in [3.63, 3.8) is 0 Å². The van der Waals surface area contributed by atoms with Crippen molar-refractivity contribution in [1.29, 1.82) is 0 Å². The highest BCUT2D eigenvalue weighted by atomic mass is 127. The van der Waals surface area contributed by atoms with E-state index in [1.54, 1.807) is 6.07 Å². The second kappa shape index (κ2) is 9.14. The summed E-state index contributed by atoms with van der Waals surface area (Å²) in [5.74, 6) is -0.333. The highest BCUT2D eigenvalue weighted by molar-refractivity contribution is 14.1. The van der Waals surface area contributed by atoms with Crippen molar-refractivity contribution in [1.82, 2.24) is 14.5 Å². The van der Waals surface area contributed by atoms with Gasteiger partial charge in [0.1, 0.15) is 0 Å². The fourth-order valence-electron chi connectivity index (χ4n) is 2.73. The molecule has 1 aromatic rings. The van der Waals surface area contributed by atoms with Gasteiger partial charge in [-0.1, -0.05) is 0 Å². The summed E-state index contributed by atoms with van der Waals surface area (Å²) in [4.78, 5) is 26.5. The number of hydrogen-bond acceptors (Lipinski definition) is 4. The summed E-state index contributed by atoms with van der Waals surface area (Å²) < 4.78 is 26.2. The molecule has 0 atom stereocenters. The third kappa shape index (κ3) is 5.17. The maximum Gasteiger partial charge on any atom is 0.252 e. The number of amides is 2. The molecule has 26 heavy (non-hydrogen) atoms. The SMILES string of the molecule is CN(C)S(=O)(=O)c1ccc(I)c(C(=O)NCCC(=O)N2CCCCC2)c1. The van der Waals surface area contributed by atoms with Gasteiger partial charge in [-0.05, 0) is 60.1 Å². The summed E-state index contributed by atoms with van der Waals surface area (Å²) in [5, 5.41) is 2.72. The first-order valence-corrected chi connectivity index (χ1v) is 11.0. The summed E-state index contributed by atoms with van der Waals surface area (Å²) in [5.41, 5.74) is 0.291. The van der Waals surface area contributed by atoms with Crippen LogP contribution in [0.5, 0.6) is 0 Å². The Morgan fingerprint density at radius 2 is 1.85 bits per heavy atom. The number of nitrogens with one attached hydrogen (secondary N) is 1. The molecule has 0 bridgehead atoms. The second-order valence-corrected chi connectivity index (χ2v) is 9.69. The maximum atomic E-state index is 12.4. The van der Waals surface area contributed by atoms with Gasteiger partial charge >= 0.3 is 0 Å². The van der Waals surface area contributed by atoms with Crippen molar-refractivity contribution in [3.8, 4) is 0 Å². The van der Waals surface area contributed by atoms with E-state index in [1.165, 1.54) is 26.2 Å². The minimum Gasteiger partial charge on any atom is -0.351 e. The molecular weight excluding hydrogens is 469 g/mol. The van der Waals surface area contributed by atoms with Gasteiger partial charge in [-0.25, -0.2) is 12.7 Å². The van der Waals surface area contributed by atoms with E-state index < -0.39 is 10.0 Å². The fraction of sp³-hybridized carbons (Fsp3) is 0.529. The number of carbonyl (C=O) groups is 2. The summed E-state index contributed by atoms with van der Waals surface area (Å²) in [6, 6.07) is 4.46. The maximum absolute atomic E-state index is 12.4. The van der Waals surface area contributed by atoms with E-state index in [-0.39, 0.29) is 29.7 Å². The van der Waals surface area contributed by atoms with E-state index in [9.17, 15) is 18.0 Å². The third-order valence-corrected chi connectivity index (χ3v) is 7.05. The number of carbonyl (C=O) groups excluding carboxylic acids is 2. The highest BCUT2D eigenvalue weighted by Crippen LogP contribution is 2.20. The lowest BCUT2D eigenvalue weighted by molar-refractivity contribution is -0.131. The van der Waals surface area contributed by atoms with E-state index in [0.29, 0.717) is 9.13 Å². The molecule has 0 radical (unpaired) electrons. The third-order valence-electron chi connectivity index (χ3n) is 4.29. The van der Waals surface area contributed by atoms with Crippen molar-refractivity contribution in [2.75, 3.05) is 33.7 Å². The molecule has 1 aliphatic heterocycles. The molecule has 1 fully saturated rings. The highest BCUT2D eigenvalue weighted by Gasteiger charge is 2.21. The monoisotopic (exact) mass is 493 g/mol. The van der Waals surface area contributed by atoms with Crippen LogP contribution in [0.4, 0.5) is 0 Å². The van der Waals surface area contributed by atoms with Gasteiger partial charge in [0.25, 0.3) is 5.91 Å². The second-order valence-electron chi connectivity index (χ2n) is 6.38. The van der Waals surface area contributed by atoms with Crippen LogP contribution in [0.1, 0.15) is 36.0 Å². The Labute approximate surface area is 168 Å². The molecule has 0 aliphatic carbocycles. The lowest BCUT2D eigenvalue weighted by Gasteiger charge is -2.26. The number of piperidine rings is 1. The average Bonchev–Trinajstić information content (AvgIpc) is 2.62. The number of sulfonamides is 1. The zero-order valence-electron chi connectivity index (χ0n) is 15.0. The average molecular weight is 493 g/mol. The number of benzene rings is 1. The van der Waals surface area contributed by atoms with Gasteiger partial charge < -0.3 is 10.2 Å². The van der Waals surface area contributed by atoms with Crippen LogP contribution in [0.2, 0.25) is 0 Å². The van der Waals surface area contributed by atoms with Gasteiger partial charge in [0, 0.05) is 43.7 Å². The Morgan fingerprint density at radius 3 is 2.46 bits per heavy atom. The normalized spacial score (nSPS) is 15.2. The van der Waals surface area contributed by atoms with Crippen molar-refractivity contribution < 1.29 is 18.0 Å². The van der Waals surface area contributed by atoms with Crippen LogP contribution >= 0.6 is 22.6 Å². The van der Waals surface area contributed by atoms with E-state index in [1.807, 2.05) is 27.5 Å². The van der Waals surface area contributed by atoms with E-state index in [2.05, 4.69) is 5.32 Å². The molecule has 0 aromatic heterocycles. The van der Waals surface area contributed by atoms with Crippen LogP contribution in [-0.4, -0.2) is 63.2 Å². The molecule has 1 N–H and O–H groups in total. The van der Waals surface area contributed by atoms with Crippen molar-refractivity contribution in [2.45, 2.75) is 30.6 Å². The molecule has 144 valence electrons.